The summed E-state index contributed by atoms with van der Waals surface area (Å²) in [4.78, 5) is 23.8. The van der Waals surface area contributed by atoms with Crippen LogP contribution in [-0.4, -0.2) is 38.6 Å². The van der Waals surface area contributed by atoms with Gasteiger partial charge in [0.25, 0.3) is 5.69 Å². The average molecular weight is 370 g/mol. The third kappa shape index (κ3) is 4.75. The molecule has 0 bridgehead atoms. The largest absolute Gasteiger partial charge is 0.465 e. The number of anilines is 1. The van der Waals surface area contributed by atoms with Gasteiger partial charge < -0.3 is 15.3 Å². The minimum atomic E-state index is -0.908. The molecule has 0 aliphatic heterocycles. The van der Waals surface area contributed by atoms with Gasteiger partial charge in [-0.15, -0.1) is 0 Å². The van der Waals surface area contributed by atoms with Crippen molar-refractivity contribution in [2.75, 3.05) is 5.32 Å². The van der Waals surface area contributed by atoms with E-state index in [1.165, 1.54) is 17.0 Å². The number of carboxylic acid groups (broad SMARTS) is 1. The maximum atomic E-state index is 11.6. The Bertz CT molecular complexity index is 652. The highest BCUT2D eigenvalue weighted by atomic mass is 35.5. The highest BCUT2D eigenvalue weighted by Gasteiger charge is 2.35. The Hall–Kier alpha value is -2.02. The highest BCUT2D eigenvalue weighted by Crippen LogP contribution is 2.33. The van der Waals surface area contributed by atoms with Gasteiger partial charge in [0.15, 0.2) is 0 Å². The molecule has 0 heterocycles. The van der Waals surface area contributed by atoms with E-state index in [1.807, 2.05) is 20.8 Å². The van der Waals surface area contributed by atoms with E-state index >= 15 is 0 Å². The van der Waals surface area contributed by atoms with Gasteiger partial charge in [0, 0.05) is 28.7 Å². The lowest BCUT2D eigenvalue weighted by Gasteiger charge is -2.42. The maximum Gasteiger partial charge on any atom is 0.407 e. The molecule has 1 fully saturated rings. The van der Waals surface area contributed by atoms with E-state index in [2.05, 4.69) is 5.32 Å². The maximum absolute atomic E-state index is 11.6. The van der Waals surface area contributed by atoms with Gasteiger partial charge >= 0.3 is 6.09 Å². The zero-order chi connectivity index (χ0) is 18.8. The number of carbonyl (C=O) groups is 1. The molecule has 1 aliphatic carbocycles. The van der Waals surface area contributed by atoms with E-state index in [0.717, 1.165) is 25.7 Å². The van der Waals surface area contributed by atoms with E-state index in [0.29, 0.717) is 10.7 Å². The molecule has 7 nitrogen and oxygen atoms in total. The zero-order valence-corrected chi connectivity index (χ0v) is 15.4. The van der Waals surface area contributed by atoms with Gasteiger partial charge in [-0.05, 0) is 58.6 Å². The van der Waals surface area contributed by atoms with Crippen LogP contribution in [0.1, 0.15) is 46.5 Å². The van der Waals surface area contributed by atoms with Crippen molar-refractivity contribution < 1.29 is 14.8 Å². The lowest BCUT2D eigenvalue weighted by atomic mass is 9.88. The van der Waals surface area contributed by atoms with E-state index in [1.54, 1.807) is 6.07 Å². The SMILES string of the molecule is CC(C)(C)N(C(=O)O)C1CCC(Nc2cc(Cl)ccc2[N+](=O)[O-])CC1. The second kappa shape index (κ2) is 7.47. The van der Waals surface area contributed by atoms with E-state index in [4.69, 9.17) is 11.6 Å². The highest BCUT2D eigenvalue weighted by molar-refractivity contribution is 6.31. The van der Waals surface area contributed by atoms with Gasteiger partial charge in [-0.2, -0.15) is 0 Å². The number of halogens is 1. The van der Waals surface area contributed by atoms with Crippen molar-refractivity contribution in [1.29, 1.82) is 0 Å². The Balaban J connectivity index is 2.05. The van der Waals surface area contributed by atoms with Gasteiger partial charge in [0.2, 0.25) is 0 Å². The first-order valence-electron chi connectivity index (χ1n) is 8.32. The van der Waals surface area contributed by atoms with Gasteiger partial charge in [-0.1, -0.05) is 11.6 Å². The molecule has 0 unspecified atom stereocenters. The van der Waals surface area contributed by atoms with Crippen molar-refractivity contribution in [1.82, 2.24) is 4.90 Å². The number of nitrogens with one attached hydrogen (secondary N) is 1. The molecule has 1 aliphatic rings. The minimum absolute atomic E-state index is 0.00613. The summed E-state index contributed by atoms with van der Waals surface area (Å²) in [7, 11) is 0. The van der Waals surface area contributed by atoms with Crippen LogP contribution in [0.2, 0.25) is 5.02 Å². The number of nitrogens with zero attached hydrogens (tertiary/aromatic N) is 2. The van der Waals surface area contributed by atoms with Gasteiger partial charge in [0.05, 0.1) is 4.92 Å². The number of rotatable bonds is 4. The van der Waals surface area contributed by atoms with Crippen molar-refractivity contribution in [2.24, 2.45) is 0 Å². The normalized spacial score (nSPS) is 20.8. The topological polar surface area (TPSA) is 95.7 Å². The van der Waals surface area contributed by atoms with Crippen LogP contribution in [0.5, 0.6) is 0 Å². The summed E-state index contributed by atoms with van der Waals surface area (Å²) in [6.07, 6.45) is 2.02. The number of amides is 1. The fourth-order valence-corrected chi connectivity index (χ4v) is 3.64. The van der Waals surface area contributed by atoms with E-state index in [-0.39, 0.29) is 17.8 Å². The molecule has 1 aromatic carbocycles. The Labute approximate surface area is 152 Å². The Morgan fingerprint density at radius 1 is 1.32 bits per heavy atom. The predicted octanol–water partition coefficient (Wildman–Crippen LogP) is 4.75. The second-order valence-corrected chi connectivity index (χ2v) is 7.83. The summed E-state index contributed by atoms with van der Waals surface area (Å²) >= 11 is 5.95. The van der Waals surface area contributed by atoms with Gasteiger partial charge in [0.1, 0.15) is 5.69 Å². The standard InChI is InChI=1S/C17H24ClN3O4/c1-17(2,3)20(16(22)23)13-7-5-12(6-8-13)19-14-10-11(18)4-9-15(14)21(24)25/h4,9-10,12-13,19H,5-8H2,1-3H3,(H,22,23). The summed E-state index contributed by atoms with van der Waals surface area (Å²) in [5.74, 6) is 0. The Morgan fingerprint density at radius 3 is 2.40 bits per heavy atom. The Morgan fingerprint density at radius 2 is 1.92 bits per heavy atom. The molecular weight excluding hydrogens is 346 g/mol. The summed E-state index contributed by atoms with van der Waals surface area (Å²) in [5.41, 5.74) is -0.0528. The quantitative estimate of drug-likeness (QED) is 0.589. The minimum Gasteiger partial charge on any atom is -0.465 e. The molecule has 1 saturated carbocycles. The molecule has 2 N–H and O–H groups in total. The van der Waals surface area contributed by atoms with E-state index < -0.39 is 16.6 Å². The molecule has 25 heavy (non-hydrogen) atoms. The monoisotopic (exact) mass is 369 g/mol. The second-order valence-electron chi connectivity index (χ2n) is 7.39. The van der Waals surface area contributed by atoms with Gasteiger partial charge in [-0.3, -0.25) is 10.1 Å². The summed E-state index contributed by atoms with van der Waals surface area (Å²) < 4.78 is 0. The lowest BCUT2D eigenvalue weighted by molar-refractivity contribution is -0.384. The molecule has 2 rings (SSSR count). The van der Waals surface area contributed by atoms with Gasteiger partial charge in [-0.25, -0.2) is 4.79 Å². The third-order valence-corrected chi connectivity index (χ3v) is 4.74. The van der Waals surface area contributed by atoms with E-state index in [9.17, 15) is 20.0 Å². The zero-order valence-electron chi connectivity index (χ0n) is 14.7. The fourth-order valence-electron chi connectivity index (χ4n) is 3.47. The number of hydrogen-bond donors (Lipinski definition) is 2. The molecule has 1 amide bonds. The van der Waals surface area contributed by atoms with Crippen LogP contribution in [0.25, 0.3) is 0 Å². The van der Waals surface area contributed by atoms with Crippen LogP contribution >= 0.6 is 11.6 Å². The van der Waals surface area contributed by atoms with Crippen LogP contribution < -0.4 is 5.32 Å². The lowest BCUT2D eigenvalue weighted by Crippen LogP contribution is -2.52. The fraction of sp³-hybridized carbons (Fsp3) is 0.588. The van der Waals surface area contributed by atoms with Crippen molar-refractivity contribution >= 4 is 29.1 Å². The summed E-state index contributed by atoms with van der Waals surface area (Å²) in [6.45, 7) is 5.67. The van der Waals surface area contributed by atoms with Crippen molar-refractivity contribution in [3.63, 3.8) is 0 Å². The summed E-state index contributed by atoms with van der Waals surface area (Å²) in [6, 6.07) is 4.47. The third-order valence-electron chi connectivity index (χ3n) is 4.51. The molecule has 138 valence electrons. The average Bonchev–Trinajstić information content (AvgIpc) is 2.47. The van der Waals surface area contributed by atoms with Crippen LogP contribution in [0.15, 0.2) is 18.2 Å². The first kappa shape index (κ1) is 19.3. The molecule has 0 spiro atoms. The molecule has 0 saturated heterocycles. The first-order chi connectivity index (χ1) is 11.6. The summed E-state index contributed by atoms with van der Waals surface area (Å²) in [5, 5.41) is 24.3. The van der Waals surface area contributed by atoms with Crippen molar-refractivity contribution in [2.45, 2.75) is 64.1 Å². The van der Waals surface area contributed by atoms with Crippen LogP contribution in [0.3, 0.4) is 0 Å². The number of benzene rings is 1. The first-order valence-corrected chi connectivity index (χ1v) is 8.70. The molecule has 8 heteroatoms. The van der Waals surface area contributed by atoms with Crippen LogP contribution in [0.4, 0.5) is 16.2 Å². The molecule has 0 radical (unpaired) electrons. The van der Waals surface area contributed by atoms with Crippen molar-refractivity contribution in [3.05, 3.63) is 33.3 Å². The van der Waals surface area contributed by atoms with Crippen LogP contribution in [0, 0.1) is 10.1 Å². The van der Waals surface area contributed by atoms with Crippen LogP contribution in [-0.2, 0) is 0 Å². The molecular formula is C17H24ClN3O4. The number of hydrogen-bond acceptors (Lipinski definition) is 4. The number of nitro benzene ring substituents is 1. The number of nitro groups is 1. The van der Waals surface area contributed by atoms with Crippen molar-refractivity contribution in [3.8, 4) is 0 Å². The smallest absolute Gasteiger partial charge is 0.407 e. The Kier molecular flexibility index (Phi) is 5.77. The molecule has 0 atom stereocenters. The molecule has 0 aromatic heterocycles. The predicted molar refractivity (Wildman–Crippen MR) is 97.4 cm³/mol. The molecule has 1 aromatic rings.